The first-order valence-electron chi connectivity index (χ1n) is 20.0. The number of carbonyl (C=O) groups excluding carboxylic acids is 2. The summed E-state index contributed by atoms with van der Waals surface area (Å²) < 4.78 is 13.9. The van der Waals surface area contributed by atoms with E-state index >= 15 is 0 Å². The highest BCUT2D eigenvalue weighted by Crippen LogP contribution is 2.45. The molecule has 2 amide bonds. The highest BCUT2D eigenvalue weighted by atomic mass is 16.7. The summed E-state index contributed by atoms with van der Waals surface area (Å²) >= 11 is 0. The quantitative estimate of drug-likeness (QED) is 0.151. The van der Waals surface area contributed by atoms with E-state index in [1.807, 2.05) is 30.3 Å². The molecule has 0 unspecified atom stereocenters. The van der Waals surface area contributed by atoms with Gasteiger partial charge in [-0.3, -0.25) is 19.5 Å². The van der Waals surface area contributed by atoms with E-state index in [2.05, 4.69) is 90.7 Å². The van der Waals surface area contributed by atoms with E-state index in [1.54, 1.807) is 24.5 Å². The molecule has 1 aliphatic carbocycles. The molecule has 9 nitrogen and oxygen atoms in total. The number of aliphatic hydroxyl groups is 1. The van der Waals surface area contributed by atoms with Gasteiger partial charge in [0.15, 0.2) is 6.29 Å². The normalized spacial score (nSPS) is 25.8. The molecule has 3 fully saturated rings. The summed E-state index contributed by atoms with van der Waals surface area (Å²) in [5.41, 5.74) is 6.04. The van der Waals surface area contributed by atoms with Crippen molar-refractivity contribution in [1.29, 1.82) is 0 Å². The number of nitrogens with zero attached hydrogens (tertiary/aromatic N) is 2. The Hall–Kier alpha value is -4.41. The summed E-state index contributed by atoms with van der Waals surface area (Å²) in [6, 6.07) is 28.2. The number of nitrogens with one attached hydrogen (secondary N) is 2. The lowest BCUT2D eigenvalue weighted by Crippen LogP contribution is -2.61. The van der Waals surface area contributed by atoms with E-state index < -0.39 is 6.29 Å². The highest BCUT2D eigenvalue weighted by Gasteiger charge is 2.46. The fourth-order valence-corrected chi connectivity index (χ4v) is 8.77. The Morgan fingerprint density at radius 1 is 0.855 bits per heavy atom. The predicted molar refractivity (Wildman–Crippen MR) is 214 cm³/mol. The van der Waals surface area contributed by atoms with E-state index in [0.717, 1.165) is 52.6 Å². The fourth-order valence-electron chi connectivity index (χ4n) is 8.77. The lowest BCUT2D eigenvalue weighted by Gasteiger charge is -2.51. The maximum Gasteiger partial charge on any atom is 0.253 e. The lowest BCUT2D eigenvalue weighted by atomic mass is 9.75. The summed E-state index contributed by atoms with van der Waals surface area (Å²) in [5.74, 6) is 0.529. The molecule has 7 rings (SSSR count). The SMILES string of the molecule is C[C@H]1[C@@H](CN2[C@@H](C(=O)NC(C)(C)C)CC[C@H]3CCCC[C@H]32)O[C@@H](c2cccc(-c3cccc(CNC(=O)c4cccnc4)c3)c2)O[C@H]1c1ccc(CO)cc1. The molecule has 1 aromatic heterocycles. The van der Waals surface area contributed by atoms with Gasteiger partial charge in [-0.15, -0.1) is 0 Å². The number of likely N-dealkylation sites (tertiary alicyclic amines) is 1. The number of hydrogen-bond acceptors (Lipinski definition) is 7. The Labute approximate surface area is 325 Å². The molecule has 9 heteroatoms. The predicted octanol–water partition coefficient (Wildman–Crippen LogP) is 7.90. The maximum absolute atomic E-state index is 13.9. The number of hydrogen-bond donors (Lipinski definition) is 3. The second-order valence-corrected chi connectivity index (χ2v) is 16.7. The van der Waals surface area contributed by atoms with E-state index in [-0.39, 0.29) is 48.1 Å². The van der Waals surface area contributed by atoms with Crippen LogP contribution in [0.5, 0.6) is 0 Å². The molecule has 3 aliphatic rings. The molecular formula is C46H56N4O5. The van der Waals surface area contributed by atoms with Crippen LogP contribution < -0.4 is 10.6 Å². The van der Waals surface area contributed by atoms with Crippen LogP contribution in [0.25, 0.3) is 11.1 Å². The number of benzene rings is 3. The molecule has 3 aromatic carbocycles. The molecule has 290 valence electrons. The standard InChI is InChI=1S/C46H56N4O5/c1-30-41(28-50-39-16-6-5-11-33(39)21-22-40(50)44(53)49-46(2,3)4)54-45(55-42(30)34-19-17-31(29-51)18-20-34)37-14-8-13-36(25-37)35-12-7-10-32(24-35)26-48-43(52)38-15-9-23-47-27-38/h7-10,12-15,17-20,23-25,27,30,33,39-42,45,51H,5-6,11,16,21-22,26,28-29H2,1-4H3,(H,48,52)(H,49,53)/t30-,33+,39+,40+,41+,42+,45+/m0/s1. The molecule has 4 aromatic rings. The van der Waals surface area contributed by atoms with E-state index in [4.69, 9.17) is 9.47 Å². The molecule has 0 radical (unpaired) electrons. The summed E-state index contributed by atoms with van der Waals surface area (Å²) in [7, 11) is 0. The van der Waals surface area contributed by atoms with Crippen LogP contribution in [0, 0.1) is 11.8 Å². The van der Waals surface area contributed by atoms with Crippen molar-refractivity contribution in [1.82, 2.24) is 20.5 Å². The number of rotatable bonds is 10. The van der Waals surface area contributed by atoms with Crippen LogP contribution in [0.15, 0.2) is 97.3 Å². The zero-order valence-corrected chi connectivity index (χ0v) is 32.6. The third-order valence-corrected chi connectivity index (χ3v) is 11.6. The third-order valence-electron chi connectivity index (χ3n) is 11.6. The third kappa shape index (κ3) is 9.35. The Kier molecular flexibility index (Phi) is 12.1. The molecule has 55 heavy (non-hydrogen) atoms. The van der Waals surface area contributed by atoms with Crippen molar-refractivity contribution in [3.05, 3.63) is 125 Å². The van der Waals surface area contributed by atoms with Crippen LogP contribution >= 0.6 is 0 Å². The Morgan fingerprint density at radius 2 is 1.62 bits per heavy atom. The van der Waals surface area contributed by atoms with Gasteiger partial charge in [0.25, 0.3) is 5.91 Å². The van der Waals surface area contributed by atoms with Crippen molar-refractivity contribution in [3.63, 3.8) is 0 Å². The average Bonchev–Trinajstić information content (AvgIpc) is 3.20. The minimum absolute atomic E-state index is 0.00624. The second-order valence-electron chi connectivity index (χ2n) is 16.7. The van der Waals surface area contributed by atoms with Crippen molar-refractivity contribution < 1.29 is 24.2 Å². The zero-order chi connectivity index (χ0) is 38.5. The fraction of sp³-hybridized carbons (Fsp3) is 0.457. The largest absolute Gasteiger partial charge is 0.392 e. The number of aliphatic hydroxyl groups excluding tert-OH is 1. The first-order chi connectivity index (χ1) is 26.6. The van der Waals surface area contributed by atoms with Crippen LogP contribution in [0.2, 0.25) is 0 Å². The zero-order valence-electron chi connectivity index (χ0n) is 32.6. The van der Waals surface area contributed by atoms with Crippen molar-refractivity contribution in [2.45, 2.75) is 115 Å². The maximum atomic E-state index is 13.9. The molecule has 0 bridgehead atoms. The Balaban J connectivity index is 1.16. The van der Waals surface area contributed by atoms with Gasteiger partial charge in [-0.1, -0.05) is 80.4 Å². The number of carbonyl (C=O) groups is 2. The van der Waals surface area contributed by atoms with Gasteiger partial charge in [0.05, 0.1) is 30.4 Å². The topological polar surface area (TPSA) is 113 Å². The van der Waals surface area contributed by atoms with Gasteiger partial charge in [0, 0.05) is 48.5 Å². The second kappa shape index (κ2) is 17.2. The molecule has 7 atom stereocenters. The summed E-state index contributed by atoms with van der Waals surface area (Å²) in [6.07, 6.45) is 8.80. The number of piperidine rings is 1. The molecule has 2 saturated heterocycles. The minimum Gasteiger partial charge on any atom is -0.392 e. The summed E-state index contributed by atoms with van der Waals surface area (Å²) in [5, 5.41) is 16.1. The van der Waals surface area contributed by atoms with Gasteiger partial charge in [0.2, 0.25) is 5.91 Å². The van der Waals surface area contributed by atoms with Gasteiger partial charge in [-0.25, -0.2) is 0 Å². The van der Waals surface area contributed by atoms with Gasteiger partial charge in [-0.05, 0) is 104 Å². The first kappa shape index (κ1) is 38.8. The first-order valence-corrected chi connectivity index (χ1v) is 20.0. The number of pyridine rings is 1. The smallest absolute Gasteiger partial charge is 0.253 e. The van der Waals surface area contributed by atoms with E-state index in [0.29, 0.717) is 30.6 Å². The summed E-state index contributed by atoms with van der Waals surface area (Å²) in [4.78, 5) is 33.2. The van der Waals surface area contributed by atoms with Crippen LogP contribution in [-0.4, -0.2) is 57.1 Å². The molecule has 3 heterocycles. The van der Waals surface area contributed by atoms with Gasteiger partial charge in [0.1, 0.15) is 0 Å². The Morgan fingerprint density at radius 3 is 2.36 bits per heavy atom. The molecule has 3 N–H and O–H groups in total. The lowest BCUT2D eigenvalue weighted by molar-refractivity contribution is -0.278. The molecule has 1 saturated carbocycles. The van der Waals surface area contributed by atoms with Crippen LogP contribution in [0.4, 0.5) is 0 Å². The Bertz CT molecular complexity index is 1910. The summed E-state index contributed by atoms with van der Waals surface area (Å²) in [6.45, 7) is 9.36. The van der Waals surface area contributed by atoms with Crippen molar-refractivity contribution in [2.24, 2.45) is 11.8 Å². The van der Waals surface area contributed by atoms with E-state index in [9.17, 15) is 14.7 Å². The van der Waals surface area contributed by atoms with Gasteiger partial charge in [-0.2, -0.15) is 0 Å². The van der Waals surface area contributed by atoms with Crippen LogP contribution in [-0.2, 0) is 27.4 Å². The van der Waals surface area contributed by atoms with Crippen LogP contribution in [0.1, 0.15) is 111 Å². The van der Waals surface area contributed by atoms with Crippen molar-refractivity contribution in [2.75, 3.05) is 6.54 Å². The van der Waals surface area contributed by atoms with Crippen molar-refractivity contribution >= 4 is 11.8 Å². The minimum atomic E-state index is -0.639. The van der Waals surface area contributed by atoms with Crippen LogP contribution in [0.3, 0.4) is 0 Å². The number of ether oxygens (including phenoxy) is 2. The van der Waals surface area contributed by atoms with Gasteiger partial charge < -0.3 is 25.2 Å². The molecule has 0 spiro atoms. The highest BCUT2D eigenvalue weighted by molar-refractivity contribution is 5.93. The average molecular weight is 745 g/mol. The monoisotopic (exact) mass is 744 g/mol. The number of fused-ring (bicyclic) bond motifs is 1. The number of amides is 2. The van der Waals surface area contributed by atoms with Crippen molar-refractivity contribution in [3.8, 4) is 11.1 Å². The molecule has 2 aliphatic heterocycles. The molecular weight excluding hydrogens is 689 g/mol. The van der Waals surface area contributed by atoms with Gasteiger partial charge >= 0.3 is 0 Å². The van der Waals surface area contributed by atoms with E-state index in [1.165, 1.54) is 19.3 Å². The number of aromatic nitrogens is 1.